The molecule has 4 rings (SSSR count). The van der Waals surface area contributed by atoms with E-state index in [-0.39, 0.29) is 11.9 Å². The summed E-state index contributed by atoms with van der Waals surface area (Å²) in [6.45, 7) is 6.97. The smallest absolute Gasteiger partial charge is 0.251 e. The van der Waals surface area contributed by atoms with Crippen LogP contribution in [0.4, 0.5) is 5.69 Å². The van der Waals surface area contributed by atoms with Crippen LogP contribution < -0.4 is 10.2 Å². The van der Waals surface area contributed by atoms with Crippen molar-refractivity contribution in [2.24, 2.45) is 0 Å². The third-order valence-corrected chi connectivity index (χ3v) is 6.17. The van der Waals surface area contributed by atoms with E-state index in [1.54, 1.807) is 0 Å². The number of nitrogens with zero attached hydrogens (tertiary/aromatic N) is 2. The highest BCUT2D eigenvalue weighted by atomic mass is 16.5. The SMILES string of the molecule is Cc1ccccc1C(=O)NC[C@H](c1ccc2c(c1)CCCN2C)N1CCOCC1. The van der Waals surface area contributed by atoms with Gasteiger partial charge < -0.3 is 15.0 Å². The molecule has 2 aliphatic rings. The van der Waals surface area contributed by atoms with Crippen LogP contribution in [0, 0.1) is 6.92 Å². The highest BCUT2D eigenvalue weighted by molar-refractivity contribution is 5.95. The highest BCUT2D eigenvalue weighted by Gasteiger charge is 2.25. The first-order chi connectivity index (χ1) is 14.1. The molecular formula is C24H31N3O2. The van der Waals surface area contributed by atoms with Crippen molar-refractivity contribution in [1.29, 1.82) is 0 Å². The van der Waals surface area contributed by atoms with Crippen LogP contribution >= 0.6 is 0 Å². The van der Waals surface area contributed by atoms with E-state index in [0.717, 1.165) is 50.4 Å². The van der Waals surface area contributed by atoms with E-state index in [4.69, 9.17) is 4.74 Å². The number of morpholine rings is 1. The topological polar surface area (TPSA) is 44.8 Å². The van der Waals surface area contributed by atoms with Gasteiger partial charge in [-0.25, -0.2) is 0 Å². The first-order valence-electron chi connectivity index (χ1n) is 10.6. The lowest BCUT2D eigenvalue weighted by Gasteiger charge is -2.36. The van der Waals surface area contributed by atoms with E-state index in [1.807, 2.05) is 31.2 Å². The number of ether oxygens (including phenoxy) is 1. The number of fused-ring (bicyclic) bond motifs is 1. The summed E-state index contributed by atoms with van der Waals surface area (Å²) < 4.78 is 5.57. The minimum Gasteiger partial charge on any atom is -0.379 e. The van der Waals surface area contributed by atoms with Gasteiger partial charge in [-0.2, -0.15) is 0 Å². The maximum Gasteiger partial charge on any atom is 0.251 e. The molecule has 1 N–H and O–H groups in total. The monoisotopic (exact) mass is 393 g/mol. The van der Waals surface area contributed by atoms with Gasteiger partial charge in [0.2, 0.25) is 0 Å². The summed E-state index contributed by atoms with van der Waals surface area (Å²) >= 11 is 0. The van der Waals surface area contributed by atoms with Gasteiger partial charge >= 0.3 is 0 Å². The molecule has 1 amide bonds. The average Bonchev–Trinajstić information content (AvgIpc) is 2.75. The third kappa shape index (κ3) is 4.46. The van der Waals surface area contributed by atoms with Gasteiger partial charge in [-0.15, -0.1) is 0 Å². The fourth-order valence-corrected chi connectivity index (χ4v) is 4.47. The zero-order valence-electron chi connectivity index (χ0n) is 17.5. The molecule has 0 aromatic heterocycles. The molecular weight excluding hydrogens is 362 g/mol. The Morgan fingerprint density at radius 2 is 1.93 bits per heavy atom. The number of hydrogen-bond donors (Lipinski definition) is 1. The standard InChI is InChI=1S/C24H31N3O2/c1-18-6-3-4-8-21(18)24(28)25-17-23(27-12-14-29-15-13-27)20-9-10-22-19(16-20)7-5-11-26(22)2/h3-4,6,8-10,16,23H,5,7,11-15,17H2,1-2H3,(H,25,28)/t23-/m1/s1. The Kier molecular flexibility index (Phi) is 6.16. The molecule has 154 valence electrons. The fourth-order valence-electron chi connectivity index (χ4n) is 4.47. The second kappa shape index (κ2) is 8.97. The number of anilines is 1. The summed E-state index contributed by atoms with van der Waals surface area (Å²) in [4.78, 5) is 17.6. The summed E-state index contributed by atoms with van der Waals surface area (Å²) in [5.74, 6) is -0.000877. The van der Waals surface area contributed by atoms with E-state index in [9.17, 15) is 4.79 Å². The molecule has 1 fully saturated rings. The Balaban J connectivity index is 1.55. The molecule has 0 spiro atoms. The van der Waals surface area contributed by atoms with Crippen molar-refractivity contribution in [2.75, 3.05) is 51.3 Å². The minimum absolute atomic E-state index is 0.000877. The number of hydrogen-bond acceptors (Lipinski definition) is 4. The molecule has 0 saturated carbocycles. The Morgan fingerprint density at radius 3 is 2.72 bits per heavy atom. The van der Waals surface area contributed by atoms with Gasteiger partial charge in [-0.1, -0.05) is 30.3 Å². The lowest BCUT2D eigenvalue weighted by Crippen LogP contribution is -2.44. The summed E-state index contributed by atoms with van der Waals surface area (Å²) in [7, 11) is 2.17. The van der Waals surface area contributed by atoms with Crippen LogP contribution in [-0.2, 0) is 11.2 Å². The summed E-state index contributed by atoms with van der Waals surface area (Å²) in [5, 5.41) is 3.19. The van der Waals surface area contributed by atoms with E-state index >= 15 is 0 Å². The molecule has 5 nitrogen and oxygen atoms in total. The molecule has 1 atom stereocenters. The fraction of sp³-hybridized carbons (Fsp3) is 0.458. The molecule has 1 saturated heterocycles. The lowest BCUT2D eigenvalue weighted by atomic mass is 9.95. The lowest BCUT2D eigenvalue weighted by molar-refractivity contribution is 0.0162. The second-order valence-electron chi connectivity index (χ2n) is 8.10. The largest absolute Gasteiger partial charge is 0.379 e. The van der Waals surface area contributed by atoms with Crippen LogP contribution in [0.1, 0.15) is 39.5 Å². The summed E-state index contributed by atoms with van der Waals surface area (Å²) in [6.07, 6.45) is 2.32. The predicted molar refractivity (Wildman–Crippen MR) is 117 cm³/mol. The summed E-state index contributed by atoms with van der Waals surface area (Å²) in [6, 6.07) is 14.8. The van der Waals surface area contributed by atoms with Gasteiger partial charge in [0.05, 0.1) is 19.3 Å². The second-order valence-corrected chi connectivity index (χ2v) is 8.10. The quantitative estimate of drug-likeness (QED) is 0.848. The first kappa shape index (κ1) is 19.9. The number of nitrogens with one attached hydrogen (secondary N) is 1. The van der Waals surface area contributed by atoms with Crippen molar-refractivity contribution in [1.82, 2.24) is 10.2 Å². The zero-order valence-corrected chi connectivity index (χ0v) is 17.5. The van der Waals surface area contributed by atoms with Crippen molar-refractivity contribution in [3.05, 3.63) is 64.7 Å². The van der Waals surface area contributed by atoms with Gasteiger partial charge in [0.15, 0.2) is 0 Å². The Labute approximate surface area is 173 Å². The molecule has 2 aromatic carbocycles. The summed E-state index contributed by atoms with van der Waals surface area (Å²) in [5.41, 5.74) is 5.79. The van der Waals surface area contributed by atoms with Gasteiger partial charge in [0.25, 0.3) is 5.91 Å². The molecule has 29 heavy (non-hydrogen) atoms. The van der Waals surface area contributed by atoms with Crippen molar-refractivity contribution in [3.63, 3.8) is 0 Å². The van der Waals surface area contributed by atoms with Crippen LogP contribution in [0.25, 0.3) is 0 Å². The van der Waals surface area contributed by atoms with E-state index in [2.05, 4.69) is 40.4 Å². The van der Waals surface area contributed by atoms with Crippen LogP contribution in [-0.4, -0.2) is 57.2 Å². The Hall–Kier alpha value is -2.37. The van der Waals surface area contributed by atoms with Crippen LogP contribution in [0.15, 0.2) is 42.5 Å². The molecule has 0 unspecified atom stereocenters. The van der Waals surface area contributed by atoms with Gasteiger partial charge in [-0.3, -0.25) is 9.69 Å². The zero-order chi connectivity index (χ0) is 20.2. The molecule has 2 aliphatic heterocycles. The maximum atomic E-state index is 12.8. The van der Waals surface area contributed by atoms with E-state index in [0.29, 0.717) is 6.54 Å². The molecule has 5 heteroatoms. The first-order valence-corrected chi connectivity index (χ1v) is 10.6. The predicted octanol–water partition coefficient (Wildman–Crippen LogP) is 3.18. The van der Waals surface area contributed by atoms with Crippen LogP contribution in [0.2, 0.25) is 0 Å². The number of amides is 1. The highest BCUT2D eigenvalue weighted by Crippen LogP contribution is 2.31. The third-order valence-electron chi connectivity index (χ3n) is 6.17. The molecule has 0 aliphatic carbocycles. The maximum absolute atomic E-state index is 12.8. The molecule has 0 bridgehead atoms. The number of carbonyl (C=O) groups is 1. The van der Waals surface area contributed by atoms with E-state index in [1.165, 1.54) is 23.2 Å². The van der Waals surface area contributed by atoms with Crippen molar-refractivity contribution < 1.29 is 9.53 Å². The van der Waals surface area contributed by atoms with Gasteiger partial charge in [0.1, 0.15) is 0 Å². The normalized spacial score (nSPS) is 18.2. The number of aryl methyl sites for hydroxylation is 2. The molecule has 2 heterocycles. The molecule has 0 radical (unpaired) electrons. The number of benzene rings is 2. The van der Waals surface area contributed by atoms with Crippen molar-refractivity contribution in [2.45, 2.75) is 25.8 Å². The Morgan fingerprint density at radius 1 is 1.14 bits per heavy atom. The van der Waals surface area contributed by atoms with Gasteiger partial charge in [-0.05, 0) is 48.6 Å². The Bertz CT molecular complexity index is 861. The average molecular weight is 394 g/mol. The van der Waals surface area contributed by atoms with Crippen molar-refractivity contribution in [3.8, 4) is 0 Å². The number of rotatable bonds is 5. The van der Waals surface area contributed by atoms with Gasteiger partial charge in [0, 0.05) is 44.5 Å². The molecule has 2 aromatic rings. The van der Waals surface area contributed by atoms with E-state index < -0.39 is 0 Å². The number of carbonyl (C=O) groups excluding carboxylic acids is 1. The minimum atomic E-state index is -0.000877. The van der Waals surface area contributed by atoms with Crippen LogP contribution in [0.3, 0.4) is 0 Å². The van der Waals surface area contributed by atoms with Crippen LogP contribution in [0.5, 0.6) is 0 Å². The van der Waals surface area contributed by atoms with Crippen molar-refractivity contribution >= 4 is 11.6 Å².